The summed E-state index contributed by atoms with van der Waals surface area (Å²) in [5, 5.41) is 27.8. The Bertz CT molecular complexity index is 874. The third-order valence-corrected chi connectivity index (χ3v) is 5.90. The van der Waals surface area contributed by atoms with Gasteiger partial charge in [-0.05, 0) is 38.1 Å². The van der Waals surface area contributed by atoms with Gasteiger partial charge in [-0.3, -0.25) is 14.4 Å². The number of aliphatic hydroxyl groups is 1. The summed E-state index contributed by atoms with van der Waals surface area (Å²) in [7, 11) is 2.01. The number of hydrogen-bond donors (Lipinski definition) is 2. The molecule has 9 heteroatoms. The first kappa shape index (κ1) is 24.2. The Labute approximate surface area is 189 Å². The van der Waals surface area contributed by atoms with Crippen molar-refractivity contribution in [2.75, 3.05) is 26.7 Å². The first-order chi connectivity index (χ1) is 15.4. The van der Waals surface area contributed by atoms with Crippen LogP contribution in [0.5, 0.6) is 5.75 Å². The van der Waals surface area contributed by atoms with Crippen molar-refractivity contribution in [2.24, 2.45) is 5.92 Å². The zero-order valence-electron chi connectivity index (χ0n) is 19.2. The van der Waals surface area contributed by atoms with Gasteiger partial charge in [-0.25, -0.2) is 0 Å². The fraction of sp³-hybridized carbons (Fsp3) is 0.609. The van der Waals surface area contributed by atoms with E-state index in [2.05, 4.69) is 22.1 Å². The molecule has 2 N–H and O–H groups in total. The Morgan fingerprint density at radius 3 is 2.94 bits per heavy atom. The number of carbonyl (C=O) groups is 1. The molecule has 1 amide bonds. The fourth-order valence-electron chi connectivity index (χ4n) is 4.03. The first-order valence-corrected chi connectivity index (χ1v) is 11.2. The van der Waals surface area contributed by atoms with Crippen LogP contribution in [0.1, 0.15) is 37.9 Å². The molecule has 9 nitrogen and oxygen atoms in total. The SMILES string of the molecule is C[C@H]1CN([C@@H](C)CO)C(=O)CCCn2cc(nn2)CO[C@@H]1CN(C)Cc1cccc(O)c1. The van der Waals surface area contributed by atoms with E-state index >= 15 is 0 Å². The van der Waals surface area contributed by atoms with E-state index in [1.807, 2.05) is 32.3 Å². The van der Waals surface area contributed by atoms with Gasteiger partial charge < -0.3 is 19.8 Å². The molecule has 2 aromatic rings. The maximum Gasteiger partial charge on any atom is 0.222 e. The highest BCUT2D eigenvalue weighted by atomic mass is 16.5. The van der Waals surface area contributed by atoms with E-state index in [0.717, 1.165) is 11.3 Å². The van der Waals surface area contributed by atoms with Gasteiger partial charge in [0.1, 0.15) is 11.4 Å². The number of nitrogens with zero attached hydrogens (tertiary/aromatic N) is 5. The smallest absolute Gasteiger partial charge is 0.222 e. The highest BCUT2D eigenvalue weighted by Crippen LogP contribution is 2.19. The standard InChI is InChI=1S/C23H35N5O4/c1-17-11-28(18(2)15-29)23(31)8-5-9-27-13-20(24-25-27)16-32-22(17)14-26(3)12-19-6-4-7-21(30)10-19/h4,6-7,10,13,17-18,22,29-30H,5,8-9,11-12,14-16H2,1-3H3/t17-,18-,22+/m0/s1. The zero-order valence-corrected chi connectivity index (χ0v) is 19.2. The molecule has 1 aromatic carbocycles. The predicted octanol–water partition coefficient (Wildman–Crippen LogP) is 1.64. The Morgan fingerprint density at radius 2 is 2.19 bits per heavy atom. The topological polar surface area (TPSA) is 104 Å². The number of aromatic hydroxyl groups is 1. The number of fused-ring (bicyclic) bond motifs is 2. The van der Waals surface area contributed by atoms with Gasteiger partial charge in [0.2, 0.25) is 5.91 Å². The van der Waals surface area contributed by atoms with Crippen molar-refractivity contribution >= 4 is 5.91 Å². The number of amides is 1. The van der Waals surface area contributed by atoms with E-state index in [4.69, 9.17) is 4.74 Å². The van der Waals surface area contributed by atoms with Crippen molar-refractivity contribution in [1.82, 2.24) is 24.8 Å². The van der Waals surface area contributed by atoms with E-state index < -0.39 is 0 Å². The van der Waals surface area contributed by atoms with Gasteiger partial charge in [0.25, 0.3) is 0 Å². The Kier molecular flexibility index (Phi) is 8.60. The molecule has 32 heavy (non-hydrogen) atoms. The molecule has 2 heterocycles. The van der Waals surface area contributed by atoms with Crippen molar-refractivity contribution < 1.29 is 19.7 Å². The van der Waals surface area contributed by atoms with Crippen LogP contribution in [-0.2, 0) is 29.2 Å². The van der Waals surface area contributed by atoms with Crippen LogP contribution in [0.15, 0.2) is 30.5 Å². The molecule has 3 atom stereocenters. The van der Waals surface area contributed by atoms with Gasteiger partial charge in [0.15, 0.2) is 0 Å². The van der Waals surface area contributed by atoms with Crippen molar-refractivity contribution in [3.05, 3.63) is 41.7 Å². The van der Waals surface area contributed by atoms with Crippen LogP contribution in [0.2, 0.25) is 0 Å². The minimum absolute atomic E-state index is 0.0323. The number of carbonyl (C=O) groups excluding carboxylic acids is 1. The fourth-order valence-corrected chi connectivity index (χ4v) is 4.03. The molecular formula is C23H35N5O4. The highest BCUT2D eigenvalue weighted by Gasteiger charge is 2.28. The molecule has 2 bridgehead atoms. The summed E-state index contributed by atoms with van der Waals surface area (Å²) in [5.74, 6) is 0.318. The number of aryl methyl sites for hydroxylation is 1. The molecule has 0 fully saturated rings. The summed E-state index contributed by atoms with van der Waals surface area (Å²) >= 11 is 0. The van der Waals surface area contributed by atoms with Gasteiger partial charge in [-0.15, -0.1) is 5.10 Å². The van der Waals surface area contributed by atoms with Crippen LogP contribution in [0.25, 0.3) is 0 Å². The lowest BCUT2D eigenvalue weighted by molar-refractivity contribution is -0.136. The summed E-state index contributed by atoms with van der Waals surface area (Å²) in [4.78, 5) is 16.8. The van der Waals surface area contributed by atoms with Gasteiger partial charge in [0, 0.05) is 38.5 Å². The number of likely N-dealkylation sites (N-methyl/N-ethyl adjacent to an activating group) is 1. The maximum absolute atomic E-state index is 12.9. The average Bonchev–Trinajstić information content (AvgIpc) is 3.21. The second kappa shape index (κ2) is 11.4. The molecular weight excluding hydrogens is 410 g/mol. The second-order valence-corrected chi connectivity index (χ2v) is 8.85. The van der Waals surface area contributed by atoms with Gasteiger partial charge >= 0.3 is 0 Å². The zero-order chi connectivity index (χ0) is 23.1. The number of ether oxygens (including phenoxy) is 1. The molecule has 3 rings (SSSR count). The molecule has 0 spiro atoms. The molecule has 1 aliphatic heterocycles. The van der Waals surface area contributed by atoms with Crippen molar-refractivity contribution in [1.29, 1.82) is 0 Å². The molecule has 1 aromatic heterocycles. The van der Waals surface area contributed by atoms with E-state index in [-0.39, 0.29) is 36.3 Å². The second-order valence-electron chi connectivity index (χ2n) is 8.85. The molecule has 0 saturated carbocycles. The summed E-state index contributed by atoms with van der Waals surface area (Å²) in [6.45, 7) is 6.64. The van der Waals surface area contributed by atoms with Crippen molar-refractivity contribution in [2.45, 2.75) is 58.5 Å². The number of benzene rings is 1. The van der Waals surface area contributed by atoms with Crippen molar-refractivity contribution in [3.8, 4) is 5.75 Å². The third kappa shape index (κ3) is 6.75. The molecule has 176 valence electrons. The van der Waals surface area contributed by atoms with E-state index in [1.165, 1.54) is 0 Å². The maximum atomic E-state index is 12.9. The molecule has 0 unspecified atom stereocenters. The van der Waals surface area contributed by atoms with Gasteiger partial charge in [-0.2, -0.15) is 0 Å². The molecule has 1 aliphatic rings. The normalized spacial score (nSPS) is 21.7. The van der Waals surface area contributed by atoms with Crippen LogP contribution in [0.3, 0.4) is 0 Å². The van der Waals surface area contributed by atoms with Crippen LogP contribution < -0.4 is 0 Å². The minimum Gasteiger partial charge on any atom is -0.508 e. The Balaban J connectivity index is 1.76. The number of aromatic nitrogens is 3. The van der Waals surface area contributed by atoms with Crippen LogP contribution in [0.4, 0.5) is 0 Å². The van der Waals surface area contributed by atoms with Gasteiger partial charge in [-0.1, -0.05) is 24.3 Å². The summed E-state index contributed by atoms with van der Waals surface area (Å²) in [5.41, 5.74) is 1.78. The Morgan fingerprint density at radius 1 is 1.38 bits per heavy atom. The van der Waals surface area contributed by atoms with Crippen LogP contribution in [-0.4, -0.2) is 79.8 Å². The summed E-state index contributed by atoms with van der Waals surface area (Å²) in [6.07, 6.45) is 2.77. The number of rotatable bonds is 6. The summed E-state index contributed by atoms with van der Waals surface area (Å²) < 4.78 is 8.03. The lowest BCUT2D eigenvalue weighted by Crippen LogP contribution is -2.47. The monoisotopic (exact) mass is 445 g/mol. The number of phenolic OH excluding ortho intramolecular Hbond substituents is 1. The first-order valence-electron chi connectivity index (χ1n) is 11.2. The van der Waals surface area contributed by atoms with Gasteiger partial charge in [0.05, 0.1) is 31.6 Å². The predicted molar refractivity (Wildman–Crippen MR) is 120 cm³/mol. The number of phenols is 1. The van der Waals surface area contributed by atoms with E-state index in [0.29, 0.717) is 45.6 Å². The molecule has 0 saturated heterocycles. The number of aliphatic hydroxyl groups excluding tert-OH is 1. The van der Waals surface area contributed by atoms with Crippen molar-refractivity contribution in [3.63, 3.8) is 0 Å². The van der Waals surface area contributed by atoms with Crippen LogP contribution in [0, 0.1) is 5.92 Å². The highest BCUT2D eigenvalue weighted by molar-refractivity contribution is 5.76. The van der Waals surface area contributed by atoms with Crippen LogP contribution >= 0.6 is 0 Å². The van der Waals surface area contributed by atoms with E-state index in [1.54, 1.807) is 21.7 Å². The lowest BCUT2D eigenvalue weighted by Gasteiger charge is -2.35. The molecule has 0 aliphatic carbocycles. The van der Waals surface area contributed by atoms with E-state index in [9.17, 15) is 15.0 Å². The lowest BCUT2D eigenvalue weighted by atomic mass is 10.0. The number of hydrogen-bond acceptors (Lipinski definition) is 7. The quantitative estimate of drug-likeness (QED) is 0.697. The Hall–Kier alpha value is -2.49. The average molecular weight is 446 g/mol. The minimum atomic E-state index is -0.252. The third-order valence-electron chi connectivity index (χ3n) is 5.90. The largest absolute Gasteiger partial charge is 0.508 e. The summed E-state index contributed by atoms with van der Waals surface area (Å²) in [6, 6.07) is 6.97. The molecule has 0 radical (unpaired) electrons.